The molecular weight excluding hydrogens is 342 g/mol. The van der Waals surface area contributed by atoms with Crippen molar-refractivity contribution in [3.8, 4) is 0 Å². The smallest absolute Gasteiger partial charge is 0.228 e. The summed E-state index contributed by atoms with van der Waals surface area (Å²) in [6.45, 7) is 9.96. The van der Waals surface area contributed by atoms with Gasteiger partial charge in [0.1, 0.15) is 5.82 Å². The topological polar surface area (TPSA) is 71.3 Å². The first-order valence-corrected chi connectivity index (χ1v) is 10.4. The zero-order valence-electron chi connectivity index (χ0n) is 16.8. The monoisotopic (exact) mass is 373 g/mol. The van der Waals surface area contributed by atoms with Crippen LogP contribution in [0, 0.1) is 11.3 Å². The minimum atomic E-state index is -0.125. The van der Waals surface area contributed by atoms with Gasteiger partial charge >= 0.3 is 0 Å². The Morgan fingerprint density at radius 1 is 1.07 bits per heavy atom. The third-order valence-corrected chi connectivity index (χ3v) is 6.38. The summed E-state index contributed by atoms with van der Waals surface area (Å²) in [5, 5.41) is 8.88. The van der Waals surface area contributed by atoms with Gasteiger partial charge in [-0.2, -0.15) is 0 Å². The average molecular weight is 374 g/mol. The van der Waals surface area contributed by atoms with Crippen molar-refractivity contribution in [2.45, 2.75) is 71.9 Å². The Morgan fingerprint density at radius 2 is 1.78 bits per heavy atom. The number of amides is 2. The van der Waals surface area contributed by atoms with Gasteiger partial charge in [0.25, 0.3) is 0 Å². The Bertz CT molecular complexity index is 729. The minimum Gasteiger partial charge on any atom is -0.343 e. The van der Waals surface area contributed by atoms with Crippen LogP contribution in [-0.4, -0.2) is 56.0 Å². The maximum absolute atomic E-state index is 12.6. The van der Waals surface area contributed by atoms with E-state index in [1.807, 2.05) is 9.80 Å². The molecule has 0 aromatic carbocycles. The van der Waals surface area contributed by atoms with Gasteiger partial charge in [0.15, 0.2) is 5.82 Å². The molecule has 1 aromatic rings. The number of hydrogen-bond acceptors (Lipinski definition) is 4. The van der Waals surface area contributed by atoms with Crippen LogP contribution < -0.4 is 0 Å². The Hall–Kier alpha value is -1.92. The minimum absolute atomic E-state index is 0.125. The van der Waals surface area contributed by atoms with Crippen molar-refractivity contribution in [3.05, 3.63) is 11.6 Å². The summed E-state index contributed by atoms with van der Waals surface area (Å²) in [5.74, 6) is 3.27. The van der Waals surface area contributed by atoms with E-state index < -0.39 is 0 Å². The largest absolute Gasteiger partial charge is 0.343 e. The lowest BCUT2D eigenvalue weighted by molar-refractivity contribution is -0.138. The standard InChI is InChI=1S/C20H31N5O2/c1-14(2)12-17(26)23-8-4-15(5-9-23)18-22-21-16-13-24(10-11-25(16)18)19(27)20(3)6-7-20/h14-15H,4-13H2,1-3H3. The van der Waals surface area contributed by atoms with Crippen LogP contribution in [0.5, 0.6) is 0 Å². The van der Waals surface area contributed by atoms with Gasteiger partial charge < -0.3 is 14.4 Å². The van der Waals surface area contributed by atoms with E-state index in [2.05, 4.69) is 35.5 Å². The molecule has 7 nitrogen and oxygen atoms in total. The molecule has 4 rings (SSSR count). The lowest BCUT2D eigenvalue weighted by Gasteiger charge is -2.34. The van der Waals surface area contributed by atoms with Crippen LogP contribution in [0.15, 0.2) is 0 Å². The maximum atomic E-state index is 12.6. The number of hydrogen-bond donors (Lipinski definition) is 0. The molecule has 2 fully saturated rings. The Balaban J connectivity index is 1.38. The number of nitrogens with zero attached hydrogens (tertiary/aromatic N) is 5. The second kappa shape index (κ2) is 6.91. The first-order chi connectivity index (χ1) is 12.9. The van der Waals surface area contributed by atoms with Crippen molar-refractivity contribution in [1.29, 1.82) is 0 Å². The fourth-order valence-electron chi connectivity index (χ4n) is 4.30. The van der Waals surface area contributed by atoms with Crippen LogP contribution in [0.25, 0.3) is 0 Å². The molecule has 0 spiro atoms. The van der Waals surface area contributed by atoms with E-state index in [0.29, 0.717) is 24.8 Å². The van der Waals surface area contributed by atoms with Crippen molar-refractivity contribution in [3.63, 3.8) is 0 Å². The first-order valence-electron chi connectivity index (χ1n) is 10.4. The molecule has 0 atom stereocenters. The molecule has 1 saturated carbocycles. The summed E-state index contributed by atoms with van der Waals surface area (Å²) in [6.07, 6.45) is 4.54. The molecule has 3 heterocycles. The number of rotatable bonds is 4. The van der Waals surface area contributed by atoms with Gasteiger partial charge in [0.2, 0.25) is 11.8 Å². The molecule has 7 heteroatoms. The predicted octanol–water partition coefficient (Wildman–Crippen LogP) is 2.17. The Kier molecular flexibility index (Phi) is 4.72. The second-order valence-electron chi connectivity index (χ2n) is 9.17. The van der Waals surface area contributed by atoms with Gasteiger partial charge in [-0.25, -0.2) is 0 Å². The van der Waals surface area contributed by atoms with Crippen molar-refractivity contribution in [1.82, 2.24) is 24.6 Å². The summed E-state index contributed by atoms with van der Waals surface area (Å²) in [7, 11) is 0. The summed E-state index contributed by atoms with van der Waals surface area (Å²) >= 11 is 0. The fraction of sp³-hybridized carbons (Fsp3) is 0.800. The van der Waals surface area contributed by atoms with Crippen LogP contribution >= 0.6 is 0 Å². The number of likely N-dealkylation sites (tertiary alicyclic amines) is 1. The highest BCUT2D eigenvalue weighted by atomic mass is 16.2. The molecule has 2 aliphatic heterocycles. The third-order valence-electron chi connectivity index (χ3n) is 6.38. The van der Waals surface area contributed by atoms with Crippen LogP contribution in [-0.2, 0) is 22.7 Å². The number of fused-ring (bicyclic) bond motifs is 1. The van der Waals surface area contributed by atoms with Crippen molar-refractivity contribution < 1.29 is 9.59 Å². The van der Waals surface area contributed by atoms with E-state index >= 15 is 0 Å². The molecule has 1 saturated heterocycles. The molecule has 27 heavy (non-hydrogen) atoms. The molecule has 2 amide bonds. The molecular formula is C20H31N5O2. The van der Waals surface area contributed by atoms with Crippen molar-refractivity contribution in [2.75, 3.05) is 19.6 Å². The highest BCUT2D eigenvalue weighted by Crippen LogP contribution is 2.47. The van der Waals surface area contributed by atoms with Crippen molar-refractivity contribution in [2.24, 2.45) is 11.3 Å². The highest BCUT2D eigenvalue weighted by Gasteiger charge is 2.47. The van der Waals surface area contributed by atoms with E-state index in [9.17, 15) is 9.59 Å². The highest BCUT2D eigenvalue weighted by molar-refractivity contribution is 5.84. The van der Waals surface area contributed by atoms with Gasteiger partial charge in [-0.15, -0.1) is 10.2 Å². The van der Waals surface area contributed by atoms with E-state index in [-0.39, 0.29) is 17.2 Å². The van der Waals surface area contributed by atoms with E-state index in [1.54, 1.807) is 0 Å². The lowest BCUT2D eigenvalue weighted by atomic mass is 9.95. The Labute approximate surface area is 161 Å². The summed E-state index contributed by atoms with van der Waals surface area (Å²) in [6, 6.07) is 0. The number of carbonyl (C=O) groups excluding carboxylic acids is 2. The summed E-state index contributed by atoms with van der Waals surface area (Å²) in [5.41, 5.74) is -0.125. The quantitative estimate of drug-likeness (QED) is 0.811. The fourth-order valence-corrected chi connectivity index (χ4v) is 4.30. The van der Waals surface area contributed by atoms with E-state index in [0.717, 1.165) is 63.5 Å². The van der Waals surface area contributed by atoms with Crippen LogP contribution in [0.3, 0.4) is 0 Å². The molecule has 0 radical (unpaired) electrons. The third kappa shape index (κ3) is 3.60. The Morgan fingerprint density at radius 3 is 2.41 bits per heavy atom. The van der Waals surface area contributed by atoms with Gasteiger partial charge in [0, 0.05) is 43.9 Å². The summed E-state index contributed by atoms with van der Waals surface area (Å²) in [4.78, 5) is 28.8. The van der Waals surface area contributed by atoms with E-state index in [4.69, 9.17) is 0 Å². The molecule has 0 bridgehead atoms. The lowest BCUT2D eigenvalue weighted by Crippen LogP contribution is -2.42. The summed E-state index contributed by atoms with van der Waals surface area (Å²) < 4.78 is 2.22. The molecule has 1 aliphatic carbocycles. The molecule has 1 aromatic heterocycles. The average Bonchev–Trinajstić information content (AvgIpc) is 3.26. The molecule has 0 N–H and O–H groups in total. The van der Waals surface area contributed by atoms with E-state index in [1.165, 1.54) is 0 Å². The van der Waals surface area contributed by atoms with Crippen LogP contribution in [0.2, 0.25) is 0 Å². The SMILES string of the molecule is CC(C)CC(=O)N1CCC(c2nnc3n2CCN(C(=O)C2(C)CC2)C3)CC1. The second-order valence-corrected chi connectivity index (χ2v) is 9.17. The molecule has 3 aliphatic rings. The number of carbonyl (C=O) groups is 2. The van der Waals surface area contributed by atoms with Gasteiger partial charge in [0.05, 0.1) is 6.54 Å². The molecule has 148 valence electrons. The van der Waals surface area contributed by atoms with Crippen molar-refractivity contribution >= 4 is 11.8 Å². The van der Waals surface area contributed by atoms with Crippen LogP contribution in [0.1, 0.15) is 70.4 Å². The van der Waals surface area contributed by atoms with Gasteiger partial charge in [-0.3, -0.25) is 9.59 Å². The predicted molar refractivity (Wildman–Crippen MR) is 101 cm³/mol. The molecule has 0 unspecified atom stereocenters. The van der Waals surface area contributed by atoms with Crippen LogP contribution in [0.4, 0.5) is 0 Å². The first kappa shape index (κ1) is 18.4. The van der Waals surface area contributed by atoms with Gasteiger partial charge in [-0.1, -0.05) is 20.8 Å². The zero-order valence-corrected chi connectivity index (χ0v) is 16.8. The normalized spacial score (nSPS) is 22.1. The number of piperidine rings is 1. The van der Waals surface area contributed by atoms with Gasteiger partial charge in [-0.05, 0) is 31.6 Å². The number of aromatic nitrogens is 3. The maximum Gasteiger partial charge on any atom is 0.228 e. The zero-order chi connectivity index (χ0) is 19.2.